The van der Waals surface area contributed by atoms with Crippen LogP contribution in [-0.4, -0.2) is 25.6 Å². The molecule has 3 aromatic rings. The predicted molar refractivity (Wildman–Crippen MR) is 105 cm³/mol. The van der Waals surface area contributed by atoms with Crippen LogP contribution in [0.5, 0.6) is 0 Å². The van der Waals surface area contributed by atoms with Gasteiger partial charge in [0.2, 0.25) is 5.84 Å². The number of rotatable bonds is 6. The molecule has 3 rings (SSSR count). The van der Waals surface area contributed by atoms with Crippen molar-refractivity contribution in [2.45, 2.75) is 13.0 Å². The minimum atomic E-state index is -0.647. The van der Waals surface area contributed by atoms with Crippen molar-refractivity contribution in [3.05, 3.63) is 62.1 Å². The quantitative estimate of drug-likeness (QED) is 0.242. The van der Waals surface area contributed by atoms with Gasteiger partial charge in [0.1, 0.15) is 11.5 Å². The number of nitrogens with one attached hydrogen (secondary N) is 1. The van der Waals surface area contributed by atoms with Gasteiger partial charge in [-0.2, -0.15) is 0 Å². The van der Waals surface area contributed by atoms with Crippen LogP contribution in [0.15, 0.2) is 44.6 Å². The summed E-state index contributed by atoms with van der Waals surface area (Å²) in [5.41, 5.74) is 6.80. The molecule has 0 bridgehead atoms. The number of amidine groups is 1. The fraction of sp³-hybridized carbons (Fsp3) is 0.188. The highest BCUT2D eigenvalue weighted by Crippen LogP contribution is 2.25. The second kappa shape index (κ2) is 8.26. The smallest absolute Gasteiger partial charge is 0.323 e. The van der Waals surface area contributed by atoms with Crippen LogP contribution in [0, 0.1) is 15.9 Å². The highest BCUT2D eigenvalue weighted by Gasteiger charge is 2.22. The van der Waals surface area contributed by atoms with E-state index in [-0.39, 0.29) is 27.6 Å². The average Bonchev–Trinajstić information content (AvgIpc) is 3.27. The topological polar surface area (TPSA) is 147 Å². The molecule has 0 spiro atoms. The molecule has 0 amide bonds. The van der Waals surface area contributed by atoms with E-state index in [1.165, 1.54) is 28.8 Å². The van der Waals surface area contributed by atoms with Crippen LogP contribution in [-0.2, 0) is 11.9 Å². The molecule has 29 heavy (non-hydrogen) atoms. The first-order chi connectivity index (χ1) is 13.8. The second-order valence-electron chi connectivity index (χ2n) is 5.87. The van der Waals surface area contributed by atoms with Gasteiger partial charge in [-0.05, 0) is 62.4 Å². The van der Waals surface area contributed by atoms with Crippen molar-refractivity contribution in [3.8, 4) is 0 Å². The van der Waals surface area contributed by atoms with E-state index in [9.17, 15) is 14.5 Å². The lowest BCUT2D eigenvalue weighted by molar-refractivity contribution is -0.391. The van der Waals surface area contributed by atoms with Crippen molar-refractivity contribution in [2.24, 2.45) is 12.2 Å². The first-order valence-corrected chi connectivity index (χ1v) is 8.91. The van der Waals surface area contributed by atoms with E-state index in [4.69, 9.17) is 10.6 Å². The highest BCUT2D eigenvalue weighted by atomic mass is 79.9. The van der Waals surface area contributed by atoms with E-state index in [1.807, 2.05) is 0 Å². The minimum absolute atomic E-state index is 0.0387. The van der Waals surface area contributed by atoms with Crippen LogP contribution in [0.4, 0.5) is 21.7 Å². The van der Waals surface area contributed by atoms with Crippen LogP contribution in [0.3, 0.4) is 0 Å². The largest absolute Gasteiger partial charge is 0.382 e. The SMILES string of the molecule is CC(O/N=C(\Nc1ccc(F)c(Br)c1)c1nonc1N)c1ccc([N+](=O)[O-])n1C. The van der Waals surface area contributed by atoms with Crippen molar-refractivity contribution in [1.82, 2.24) is 14.9 Å². The van der Waals surface area contributed by atoms with Crippen molar-refractivity contribution in [1.29, 1.82) is 0 Å². The molecule has 3 N–H and O–H groups in total. The molecular formula is C16H15BrFN7O4. The number of oxime groups is 1. The van der Waals surface area contributed by atoms with Crippen molar-refractivity contribution in [2.75, 3.05) is 11.1 Å². The van der Waals surface area contributed by atoms with Crippen molar-refractivity contribution >= 4 is 39.1 Å². The fourth-order valence-electron chi connectivity index (χ4n) is 2.49. The van der Waals surface area contributed by atoms with Crippen LogP contribution in [0.2, 0.25) is 0 Å². The molecule has 13 heteroatoms. The predicted octanol–water partition coefficient (Wildman–Crippen LogP) is 3.35. The normalized spacial score (nSPS) is 12.6. The molecule has 0 aliphatic rings. The molecule has 1 unspecified atom stereocenters. The maximum Gasteiger partial charge on any atom is 0.323 e. The van der Waals surface area contributed by atoms with Crippen molar-refractivity contribution < 1.29 is 18.8 Å². The number of anilines is 2. The van der Waals surface area contributed by atoms with Gasteiger partial charge < -0.3 is 26.0 Å². The fourth-order valence-corrected chi connectivity index (χ4v) is 2.87. The molecule has 0 saturated heterocycles. The molecule has 1 aromatic carbocycles. The molecule has 2 aromatic heterocycles. The Morgan fingerprint density at radius 3 is 2.79 bits per heavy atom. The van der Waals surface area contributed by atoms with Gasteiger partial charge in [-0.3, -0.25) is 0 Å². The first-order valence-electron chi connectivity index (χ1n) is 8.12. The maximum absolute atomic E-state index is 13.5. The zero-order valence-electron chi connectivity index (χ0n) is 15.2. The standard InChI is InChI=1S/C16H15BrFN7O4/c1-8(12-5-6-13(24(12)2)25(26)27)28-23-16(14-15(19)22-29-21-14)20-9-3-4-11(18)10(17)7-9/h3-8H,1-2H3,(H2,19,22)(H,20,23). The number of aromatic nitrogens is 3. The third-order valence-corrected chi connectivity index (χ3v) is 4.57. The van der Waals surface area contributed by atoms with Gasteiger partial charge in [-0.1, -0.05) is 5.16 Å². The zero-order chi connectivity index (χ0) is 21.1. The van der Waals surface area contributed by atoms with E-state index in [0.717, 1.165) is 0 Å². The third-order valence-electron chi connectivity index (χ3n) is 3.96. The molecule has 0 radical (unpaired) electrons. The Labute approximate surface area is 171 Å². The lowest BCUT2D eigenvalue weighted by Gasteiger charge is -2.12. The summed E-state index contributed by atoms with van der Waals surface area (Å²) in [4.78, 5) is 16.0. The summed E-state index contributed by atoms with van der Waals surface area (Å²) < 4.78 is 19.7. The molecule has 2 heterocycles. The monoisotopic (exact) mass is 467 g/mol. The Bertz CT molecular complexity index is 1080. The number of hydrogen-bond donors (Lipinski definition) is 2. The number of nitrogens with zero attached hydrogens (tertiary/aromatic N) is 5. The molecule has 152 valence electrons. The number of nitrogens with two attached hydrogens (primary N) is 1. The van der Waals surface area contributed by atoms with E-state index < -0.39 is 16.8 Å². The summed E-state index contributed by atoms with van der Waals surface area (Å²) in [5.74, 6) is -0.508. The summed E-state index contributed by atoms with van der Waals surface area (Å²) in [6.45, 7) is 1.67. The van der Waals surface area contributed by atoms with Gasteiger partial charge in [0, 0.05) is 11.8 Å². The Morgan fingerprint density at radius 1 is 1.45 bits per heavy atom. The van der Waals surface area contributed by atoms with Crippen LogP contribution in [0.25, 0.3) is 0 Å². The van der Waals surface area contributed by atoms with Gasteiger partial charge in [0.15, 0.2) is 17.6 Å². The van der Waals surface area contributed by atoms with Gasteiger partial charge >= 0.3 is 5.82 Å². The van der Waals surface area contributed by atoms with Gasteiger partial charge in [0.05, 0.1) is 11.5 Å². The molecule has 0 aliphatic heterocycles. The summed E-state index contributed by atoms with van der Waals surface area (Å²) in [5, 5.41) is 25.1. The van der Waals surface area contributed by atoms with Gasteiger partial charge in [-0.15, -0.1) is 0 Å². The summed E-state index contributed by atoms with van der Waals surface area (Å²) in [7, 11) is 1.55. The average molecular weight is 468 g/mol. The van der Waals surface area contributed by atoms with E-state index >= 15 is 0 Å². The van der Waals surface area contributed by atoms with Crippen molar-refractivity contribution in [3.63, 3.8) is 0 Å². The number of nitrogen functional groups attached to an aromatic ring is 1. The zero-order valence-corrected chi connectivity index (χ0v) is 16.8. The summed E-state index contributed by atoms with van der Waals surface area (Å²) >= 11 is 3.10. The van der Waals surface area contributed by atoms with Gasteiger partial charge in [0.25, 0.3) is 0 Å². The minimum Gasteiger partial charge on any atom is -0.382 e. The molecule has 0 aliphatic carbocycles. The lowest BCUT2D eigenvalue weighted by atomic mass is 10.3. The molecule has 0 saturated carbocycles. The highest BCUT2D eigenvalue weighted by molar-refractivity contribution is 9.10. The maximum atomic E-state index is 13.5. The third kappa shape index (κ3) is 4.34. The Hall–Kier alpha value is -3.48. The van der Waals surface area contributed by atoms with Crippen LogP contribution >= 0.6 is 15.9 Å². The Kier molecular flexibility index (Phi) is 5.77. The number of hydrogen-bond acceptors (Lipinski definition) is 8. The van der Waals surface area contributed by atoms with Crippen LogP contribution in [0.1, 0.15) is 24.4 Å². The molecule has 0 fully saturated rings. The summed E-state index contributed by atoms with van der Waals surface area (Å²) in [6.07, 6.45) is -0.647. The second-order valence-corrected chi connectivity index (χ2v) is 6.73. The first kappa shape index (κ1) is 20.3. The number of benzene rings is 1. The lowest BCUT2D eigenvalue weighted by Crippen LogP contribution is -2.17. The summed E-state index contributed by atoms with van der Waals surface area (Å²) in [6, 6.07) is 7.14. The van der Waals surface area contributed by atoms with Crippen LogP contribution < -0.4 is 11.1 Å². The molecular weight excluding hydrogens is 453 g/mol. The Balaban J connectivity index is 1.88. The van der Waals surface area contributed by atoms with E-state index in [1.54, 1.807) is 20.0 Å². The Morgan fingerprint density at radius 2 is 2.21 bits per heavy atom. The number of halogens is 2. The molecule has 11 nitrogen and oxygen atoms in total. The van der Waals surface area contributed by atoms with E-state index in [0.29, 0.717) is 11.4 Å². The molecule has 1 atom stereocenters. The van der Waals surface area contributed by atoms with Gasteiger partial charge in [-0.25, -0.2) is 13.6 Å². The number of nitro groups is 1. The van der Waals surface area contributed by atoms with E-state index in [2.05, 4.69) is 41.3 Å².